The Bertz CT molecular complexity index is 624. The summed E-state index contributed by atoms with van der Waals surface area (Å²) >= 11 is 0. The van der Waals surface area contributed by atoms with Gasteiger partial charge in [-0.1, -0.05) is 278 Å². The maximum Gasteiger partial charge on any atom is 0.307 e. The van der Waals surface area contributed by atoms with Gasteiger partial charge in [-0.2, -0.15) is 0 Å². The number of nitrogens with zero attached hydrogens (tertiary/aromatic N) is 1. The van der Waals surface area contributed by atoms with E-state index < -0.39 is 0 Å². The number of carbonyl (C=O) groups excluding carboxylic acids is 2. The highest BCUT2D eigenvalue weighted by molar-refractivity contribution is 5.70. The predicted molar refractivity (Wildman–Crippen MR) is 286 cm³/mol. The molecule has 7 nitrogen and oxygen atoms in total. The average molecular weight is 909 g/mol. The molecule has 0 atom stereocenters. The van der Waals surface area contributed by atoms with E-state index in [1.807, 2.05) is 46.4 Å². The molecule has 0 rings (SSSR count). The number of rotatable bonds is 37. The van der Waals surface area contributed by atoms with Crippen molar-refractivity contribution in [2.24, 2.45) is 0 Å². The van der Waals surface area contributed by atoms with Crippen LogP contribution in [-0.2, 0) is 23.8 Å². The largest absolute Gasteiger partial charge is 0.466 e. The van der Waals surface area contributed by atoms with Crippen LogP contribution in [0.5, 0.6) is 0 Å². The van der Waals surface area contributed by atoms with E-state index in [9.17, 15) is 9.59 Å². The molecule has 0 aromatic heterocycles. The second kappa shape index (κ2) is 91.3. The number of hydrogen-bond acceptors (Lipinski definition) is 7. The van der Waals surface area contributed by atoms with Gasteiger partial charge in [-0.05, 0) is 12.8 Å². The average Bonchev–Trinajstić information content (AvgIpc) is 3.29. The molecule has 0 bridgehead atoms. The Morgan fingerprint density at radius 1 is 0.349 bits per heavy atom. The molecule has 1 N–H and O–H groups in total. The van der Waals surface area contributed by atoms with Gasteiger partial charge in [0, 0.05) is 19.6 Å². The van der Waals surface area contributed by atoms with Gasteiger partial charge in [-0.15, -0.1) is 0 Å². The van der Waals surface area contributed by atoms with Gasteiger partial charge in [0.05, 0.1) is 45.9 Å². The summed E-state index contributed by atoms with van der Waals surface area (Å²) in [4.78, 5) is 26.7. The van der Waals surface area contributed by atoms with E-state index in [0.717, 1.165) is 25.7 Å². The van der Waals surface area contributed by atoms with Crippen molar-refractivity contribution < 1.29 is 28.9 Å². The molecule has 0 radical (unpaired) electrons. The number of aliphatic hydroxyl groups is 1. The highest BCUT2D eigenvalue weighted by Crippen LogP contribution is 2.13. The van der Waals surface area contributed by atoms with Crippen LogP contribution >= 0.6 is 0 Å². The normalized spacial score (nSPS) is 9.56. The molecule has 0 aliphatic rings. The quantitative estimate of drug-likeness (QED) is 0.0491. The monoisotopic (exact) mass is 908 g/mol. The van der Waals surface area contributed by atoms with Gasteiger partial charge in [0.2, 0.25) is 0 Å². The van der Waals surface area contributed by atoms with Gasteiger partial charge < -0.3 is 19.3 Å². The van der Waals surface area contributed by atoms with E-state index in [4.69, 9.17) is 19.3 Å². The molecule has 0 spiro atoms. The third-order valence-electron chi connectivity index (χ3n) is 8.57. The highest BCUT2D eigenvalue weighted by Gasteiger charge is 2.12. The van der Waals surface area contributed by atoms with Crippen LogP contribution in [0.1, 0.15) is 303 Å². The van der Waals surface area contributed by atoms with Crippen molar-refractivity contribution in [3.8, 4) is 0 Å². The van der Waals surface area contributed by atoms with Gasteiger partial charge >= 0.3 is 11.9 Å². The molecule has 0 aromatic rings. The zero-order valence-electron chi connectivity index (χ0n) is 46.8. The zero-order valence-corrected chi connectivity index (χ0v) is 46.8. The van der Waals surface area contributed by atoms with Crippen LogP contribution in [-0.4, -0.2) is 74.6 Å². The van der Waals surface area contributed by atoms with E-state index >= 15 is 0 Å². The van der Waals surface area contributed by atoms with Crippen LogP contribution in [0.25, 0.3) is 0 Å². The molecule has 0 aromatic carbocycles. The molecule has 0 aliphatic carbocycles. The van der Waals surface area contributed by atoms with Crippen LogP contribution in [0.15, 0.2) is 0 Å². The van der Waals surface area contributed by atoms with E-state index in [2.05, 4.69) is 69.2 Å². The van der Waals surface area contributed by atoms with Gasteiger partial charge in [0.1, 0.15) is 0 Å². The lowest BCUT2D eigenvalue weighted by atomic mass is 10.1. The molecule has 0 saturated carbocycles. The zero-order chi connectivity index (χ0) is 49.7. The highest BCUT2D eigenvalue weighted by atomic mass is 16.5. The first kappa shape index (κ1) is 78.9. The molecule has 0 unspecified atom stereocenters. The summed E-state index contributed by atoms with van der Waals surface area (Å²) < 4.78 is 16.3. The summed E-state index contributed by atoms with van der Waals surface area (Å²) in [6.07, 6.45) is 36.4. The Hall–Kier alpha value is -1.18. The molecule has 0 aliphatic heterocycles. The Morgan fingerprint density at radius 3 is 0.825 bits per heavy atom. The minimum Gasteiger partial charge on any atom is -0.466 e. The summed E-state index contributed by atoms with van der Waals surface area (Å²) in [5.74, 6) is -0.372. The van der Waals surface area contributed by atoms with Crippen LogP contribution in [0.3, 0.4) is 0 Å². The minimum atomic E-state index is -0.186. The van der Waals surface area contributed by atoms with E-state index in [1.54, 1.807) is 0 Å². The number of ether oxygens (including phenoxy) is 3. The summed E-state index contributed by atoms with van der Waals surface area (Å²) in [5.41, 5.74) is 0. The third kappa shape index (κ3) is 105. The lowest BCUT2D eigenvalue weighted by molar-refractivity contribution is -0.144. The smallest absolute Gasteiger partial charge is 0.307 e. The standard InChI is InChI=1S/C38H75NO6.4C3H8.3C2H6/c1-3-5-7-9-11-13-15-17-19-21-23-25-33-44-37(41)27-29-39(31-35-43-36-32-40)30-28-38(42)45-34-26-24-22-20-18-16-14-12-10-8-6-4-2;4*1-3-2;3*1-2/h40H,3-36H2,1-2H3;4*3H2,1-2H3;3*1-2H3. The molecule has 0 amide bonds. The number of hydrogen-bond donors (Lipinski definition) is 1. The predicted octanol–water partition coefficient (Wildman–Crippen LogP) is 18.3. The maximum atomic E-state index is 12.3. The van der Waals surface area contributed by atoms with Gasteiger partial charge in [-0.25, -0.2) is 0 Å². The third-order valence-corrected chi connectivity index (χ3v) is 8.57. The SMILES string of the molecule is CC.CC.CC.CCC.CCC.CCC.CCC.CCCCCCCCCCCCCCOC(=O)CCN(CCOCCO)CCC(=O)OCCCCCCCCCCCCCC. The Kier molecular flexibility index (Phi) is 114. The second-order valence-electron chi connectivity index (χ2n) is 15.7. The van der Waals surface area contributed by atoms with E-state index in [0.29, 0.717) is 52.3 Å². The first-order valence-electron chi connectivity index (χ1n) is 28.0. The summed E-state index contributed by atoms with van der Waals surface area (Å²) in [7, 11) is 0. The summed E-state index contributed by atoms with van der Waals surface area (Å²) in [6.45, 7) is 36.9. The van der Waals surface area contributed by atoms with Crippen molar-refractivity contribution in [2.75, 3.05) is 52.7 Å². The number of aliphatic hydroxyl groups excluding tert-OH is 1. The Labute approximate surface area is 400 Å². The molecular formula is C56H125NO6. The second-order valence-corrected chi connectivity index (χ2v) is 15.7. The van der Waals surface area contributed by atoms with Crippen LogP contribution in [0.2, 0.25) is 0 Å². The van der Waals surface area contributed by atoms with Crippen molar-refractivity contribution in [1.29, 1.82) is 0 Å². The molecule has 390 valence electrons. The molecule has 7 heteroatoms. The first-order valence-corrected chi connectivity index (χ1v) is 28.0. The summed E-state index contributed by atoms with van der Waals surface area (Å²) in [6, 6.07) is 0. The van der Waals surface area contributed by atoms with Crippen LogP contribution in [0, 0.1) is 0 Å². The van der Waals surface area contributed by atoms with E-state index in [1.165, 1.54) is 154 Å². The number of esters is 2. The molecule has 0 fully saturated rings. The number of unbranched alkanes of at least 4 members (excludes halogenated alkanes) is 22. The van der Waals surface area contributed by atoms with Crippen molar-refractivity contribution in [2.45, 2.75) is 303 Å². The van der Waals surface area contributed by atoms with Crippen molar-refractivity contribution in [1.82, 2.24) is 4.90 Å². The van der Waals surface area contributed by atoms with Crippen LogP contribution < -0.4 is 0 Å². The van der Waals surface area contributed by atoms with Crippen molar-refractivity contribution in [3.05, 3.63) is 0 Å². The number of carbonyl (C=O) groups is 2. The molecule has 0 saturated heterocycles. The lowest BCUT2D eigenvalue weighted by Gasteiger charge is -2.21. The lowest BCUT2D eigenvalue weighted by Crippen LogP contribution is -2.33. The van der Waals surface area contributed by atoms with Crippen molar-refractivity contribution >= 4 is 11.9 Å². The summed E-state index contributed by atoms with van der Waals surface area (Å²) in [5, 5.41) is 8.96. The fourth-order valence-corrected chi connectivity index (χ4v) is 5.60. The van der Waals surface area contributed by atoms with Gasteiger partial charge in [0.25, 0.3) is 0 Å². The fraction of sp³-hybridized carbons (Fsp3) is 0.964. The molecule has 63 heavy (non-hydrogen) atoms. The molecule has 0 heterocycles. The maximum absolute atomic E-state index is 12.3. The molecular weight excluding hydrogens is 783 g/mol. The van der Waals surface area contributed by atoms with Crippen molar-refractivity contribution in [3.63, 3.8) is 0 Å². The fourth-order valence-electron chi connectivity index (χ4n) is 5.60. The van der Waals surface area contributed by atoms with E-state index in [-0.39, 0.29) is 25.2 Å². The Balaban J connectivity index is -0.000000241. The van der Waals surface area contributed by atoms with Gasteiger partial charge in [0.15, 0.2) is 0 Å². The van der Waals surface area contributed by atoms with Gasteiger partial charge in [-0.3, -0.25) is 14.5 Å². The first-order chi connectivity index (χ1) is 30.8. The van der Waals surface area contributed by atoms with Crippen LogP contribution in [0.4, 0.5) is 0 Å². The Morgan fingerprint density at radius 2 is 0.587 bits per heavy atom. The topological polar surface area (TPSA) is 85.3 Å². The minimum absolute atomic E-state index is 0.0170.